The lowest BCUT2D eigenvalue weighted by atomic mass is 9.96. The van der Waals surface area contributed by atoms with E-state index in [2.05, 4.69) is 4.90 Å². The minimum atomic E-state index is -0.752. The van der Waals surface area contributed by atoms with Crippen LogP contribution in [0.1, 0.15) is 12.8 Å². The van der Waals surface area contributed by atoms with Crippen molar-refractivity contribution in [3.63, 3.8) is 0 Å². The molecule has 4 nitrogen and oxygen atoms in total. The molecule has 0 aromatic rings. The molecular formula is C8H16N2O2. The average molecular weight is 172 g/mol. The number of nitrogens with zero attached hydrogens (tertiary/aromatic N) is 1. The van der Waals surface area contributed by atoms with E-state index in [9.17, 15) is 4.79 Å². The maximum atomic E-state index is 10.7. The van der Waals surface area contributed by atoms with Crippen LogP contribution in [0.15, 0.2) is 0 Å². The molecule has 0 spiro atoms. The molecule has 0 radical (unpaired) electrons. The molecule has 70 valence electrons. The van der Waals surface area contributed by atoms with E-state index < -0.39 is 5.97 Å². The number of carboxylic acids is 1. The van der Waals surface area contributed by atoms with Gasteiger partial charge in [-0.2, -0.15) is 0 Å². The normalized spacial score (nSPS) is 32.8. The number of hydrogen-bond acceptors (Lipinski definition) is 3. The van der Waals surface area contributed by atoms with E-state index in [4.69, 9.17) is 10.8 Å². The SMILES string of the molecule is CN1CC[C@H](C(=O)O)[C@@H](N)CC1. The van der Waals surface area contributed by atoms with Crippen LogP contribution in [0.25, 0.3) is 0 Å². The number of hydrogen-bond donors (Lipinski definition) is 2. The summed E-state index contributed by atoms with van der Waals surface area (Å²) >= 11 is 0. The monoisotopic (exact) mass is 172 g/mol. The first-order valence-electron chi connectivity index (χ1n) is 4.28. The molecule has 0 unspecified atom stereocenters. The van der Waals surface area contributed by atoms with Crippen LogP contribution in [0.4, 0.5) is 0 Å². The predicted octanol–water partition coefficient (Wildman–Crippen LogP) is -0.260. The molecule has 1 heterocycles. The van der Waals surface area contributed by atoms with E-state index in [0.717, 1.165) is 19.5 Å². The highest BCUT2D eigenvalue weighted by molar-refractivity contribution is 5.70. The number of carbonyl (C=O) groups is 1. The molecule has 0 amide bonds. The zero-order valence-corrected chi connectivity index (χ0v) is 7.36. The molecule has 1 fully saturated rings. The number of rotatable bonds is 1. The Hall–Kier alpha value is -0.610. The summed E-state index contributed by atoms with van der Waals surface area (Å²) in [7, 11) is 2.00. The third kappa shape index (κ3) is 2.19. The molecule has 0 aliphatic carbocycles. The van der Waals surface area contributed by atoms with Gasteiger partial charge in [-0.15, -0.1) is 0 Å². The number of nitrogens with two attached hydrogens (primary N) is 1. The van der Waals surface area contributed by atoms with Gasteiger partial charge in [0.2, 0.25) is 0 Å². The van der Waals surface area contributed by atoms with Gasteiger partial charge in [-0.3, -0.25) is 4.79 Å². The summed E-state index contributed by atoms with van der Waals surface area (Å²) in [6, 6.07) is -0.174. The fraction of sp³-hybridized carbons (Fsp3) is 0.875. The summed E-state index contributed by atoms with van der Waals surface area (Å²) in [6.07, 6.45) is 1.46. The topological polar surface area (TPSA) is 66.6 Å². The molecular weight excluding hydrogens is 156 g/mol. The minimum Gasteiger partial charge on any atom is -0.481 e. The molecule has 0 aromatic heterocycles. The average Bonchev–Trinajstić information content (AvgIpc) is 2.14. The van der Waals surface area contributed by atoms with Crippen molar-refractivity contribution in [2.24, 2.45) is 11.7 Å². The molecule has 1 saturated heterocycles. The van der Waals surface area contributed by atoms with Gasteiger partial charge in [0, 0.05) is 6.04 Å². The first-order valence-corrected chi connectivity index (χ1v) is 4.28. The second-order valence-corrected chi connectivity index (χ2v) is 3.49. The number of aliphatic carboxylic acids is 1. The van der Waals surface area contributed by atoms with E-state index in [1.165, 1.54) is 0 Å². The standard InChI is InChI=1S/C8H16N2O2/c1-10-4-2-6(8(11)12)7(9)3-5-10/h6-7H,2-5,9H2,1H3,(H,11,12)/t6-,7-/m0/s1. The lowest BCUT2D eigenvalue weighted by Gasteiger charge is -2.15. The number of likely N-dealkylation sites (tertiary alicyclic amines) is 1. The Kier molecular flexibility index (Phi) is 3.05. The molecule has 2 atom stereocenters. The third-order valence-corrected chi connectivity index (χ3v) is 2.50. The molecule has 0 aromatic carbocycles. The van der Waals surface area contributed by atoms with Crippen LogP contribution < -0.4 is 5.73 Å². The van der Waals surface area contributed by atoms with E-state index >= 15 is 0 Å². The maximum Gasteiger partial charge on any atom is 0.308 e. The fourth-order valence-corrected chi connectivity index (χ4v) is 1.56. The van der Waals surface area contributed by atoms with Crippen molar-refractivity contribution >= 4 is 5.97 Å². The van der Waals surface area contributed by atoms with E-state index in [1.54, 1.807) is 0 Å². The van der Waals surface area contributed by atoms with Crippen molar-refractivity contribution in [3.8, 4) is 0 Å². The van der Waals surface area contributed by atoms with E-state index in [-0.39, 0.29) is 12.0 Å². The second kappa shape index (κ2) is 3.87. The Labute approximate surface area is 72.3 Å². The van der Waals surface area contributed by atoms with Crippen molar-refractivity contribution in [1.82, 2.24) is 4.90 Å². The maximum absolute atomic E-state index is 10.7. The van der Waals surface area contributed by atoms with Crippen molar-refractivity contribution in [1.29, 1.82) is 0 Å². The quantitative estimate of drug-likeness (QED) is 0.572. The second-order valence-electron chi connectivity index (χ2n) is 3.49. The van der Waals surface area contributed by atoms with Gasteiger partial charge in [-0.1, -0.05) is 0 Å². The van der Waals surface area contributed by atoms with Gasteiger partial charge in [0.25, 0.3) is 0 Å². The van der Waals surface area contributed by atoms with Gasteiger partial charge in [0.15, 0.2) is 0 Å². The van der Waals surface area contributed by atoms with E-state index in [1.807, 2.05) is 7.05 Å². The van der Waals surface area contributed by atoms with Crippen LogP contribution in [-0.2, 0) is 4.79 Å². The van der Waals surface area contributed by atoms with Gasteiger partial charge in [-0.05, 0) is 33.0 Å². The number of carboxylic acid groups (broad SMARTS) is 1. The van der Waals surface area contributed by atoms with Gasteiger partial charge >= 0.3 is 5.97 Å². The molecule has 1 rings (SSSR count). The Morgan fingerprint density at radius 2 is 2.08 bits per heavy atom. The smallest absolute Gasteiger partial charge is 0.308 e. The Morgan fingerprint density at radius 1 is 1.50 bits per heavy atom. The summed E-state index contributed by atoms with van der Waals surface area (Å²) in [5, 5.41) is 8.82. The van der Waals surface area contributed by atoms with Gasteiger partial charge < -0.3 is 15.7 Å². The fourth-order valence-electron chi connectivity index (χ4n) is 1.56. The Balaban J connectivity index is 2.56. The Bertz CT molecular complexity index is 172. The van der Waals surface area contributed by atoms with E-state index in [0.29, 0.717) is 6.42 Å². The first-order chi connectivity index (χ1) is 5.61. The van der Waals surface area contributed by atoms with Crippen molar-refractivity contribution < 1.29 is 9.90 Å². The highest BCUT2D eigenvalue weighted by Gasteiger charge is 2.27. The van der Waals surface area contributed by atoms with Crippen molar-refractivity contribution in [3.05, 3.63) is 0 Å². The molecule has 1 aliphatic heterocycles. The summed E-state index contributed by atoms with van der Waals surface area (Å²) < 4.78 is 0. The summed E-state index contributed by atoms with van der Waals surface area (Å²) in [5.74, 6) is -1.10. The predicted molar refractivity (Wildman–Crippen MR) is 45.8 cm³/mol. The Morgan fingerprint density at radius 3 is 2.67 bits per heavy atom. The molecule has 0 saturated carbocycles. The van der Waals surface area contributed by atoms with Gasteiger partial charge in [0.05, 0.1) is 5.92 Å². The van der Waals surface area contributed by atoms with Crippen molar-refractivity contribution in [2.45, 2.75) is 18.9 Å². The van der Waals surface area contributed by atoms with Crippen LogP contribution in [0, 0.1) is 5.92 Å². The third-order valence-electron chi connectivity index (χ3n) is 2.50. The van der Waals surface area contributed by atoms with Crippen LogP contribution in [-0.4, -0.2) is 42.2 Å². The highest BCUT2D eigenvalue weighted by Crippen LogP contribution is 2.15. The van der Waals surface area contributed by atoms with Crippen LogP contribution >= 0.6 is 0 Å². The van der Waals surface area contributed by atoms with Crippen LogP contribution in [0.5, 0.6) is 0 Å². The largest absolute Gasteiger partial charge is 0.481 e. The molecule has 3 N–H and O–H groups in total. The summed E-state index contributed by atoms with van der Waals surface area (Å²) in [5.41, 5.74) is 5.73. The van der Waals surface area contributed by atoms with Gasteiger partial charge in [0.1, 0.15) is 0 Å². The zero-order valence-electron chi connectivity index (χ0n) is 7.36. The summed E-state index contributed by atoms with van der Waals surface area (Å²) in [6.45, 7) is 1.75. The highest BCUT2D eigenvalue weighted by atomic mass is 16.4. The lowest BCUT2D eigenvalue weighted by Crippen LogP contribution is -2.35. The van der Waals surface area contributed by atoms with Crippen LogP contribution in [0.3, 0.4) is 0 Å². The van der Waals surface area contributed by atoms with Gasteiger partial charge in [-0.25, -0.2) is 0 Å². The first kappa shape index (κ1) is 9.48. The van der Waals surface area contributed by atoms with Crippen LogP contribution in [0.2, 0.25) is 0 Å². The molecule has 1 aliphatic rings. The zero-order chi connectivity index (χ0) is 9.14. The molecule has 0 bridgehead atoms. The van der Waals surface area contributed by atoms with Crippen molar-refractivity contribution in [2.75, 3.05) is 20.1 Å². The minimum absolute atomic E-state index is 0.174. The molecule has 12 heavy (non-hydrogen) atoms. The molecule has 4 heteroatoms. The summed E-state index contributed by atoms with van der Waals surface area (Å²) in [4.78, 5) is 12.9. The lowest BCUT2D eigenvalue weighted by molar-refractivity contribution is -0.142.